The van der Waals surface area contributed by atoms with E-state index >= 15 is 0 Å². The van der Waals surface area contributed by atoms with Crippen LogP contribution in [-0.4, -0.2) is 26.7 Å². The van der Waals surface area contributed by atoms with Crippen LogP contribution in [-0.2, 0) is 9.53 Å². The molecule has 1 atom stereocenters. The van der Waals surface area contributed by atoms with E-state index in [1.54, 1.807) is 0 Å². The molecule has 0 N–H and O–H groups in total. The van der Waals surface area contributed by atoms with Gasteiger partial charge in [0.25, 0.3) is 11.4 Å². The van der Waals surface area contributed by atoms with Crippen LogP contribution in [0.15, 0.2) is 53.6 Å². The van der Waals surface area contributed by atoms with Gasteiger partial charge in [0.05, 0.1) is 9.85 Å². The maximum atomic E-state index is 11.9. The zero-order valence-corrected chi connectivity index (χ0v) is 13.4. The molecule has 10 heteroatoms. The fraction of sp³-hybridized carbons (Fsp3) is 0.125. The van der Waals surface area contributed by atoms with Gasteiger partial charge in [-0.3, -0.25) is 25.0 Å². The van der Waals surface area contributed by atoms with Crippen molar-refractivity contribution in [3.63, 3.8) is 0 Å². The van der Waals surface area contributed by atoms with Gasteiger partial charge in [-0.15, -0.1) is 5.10 Å². The first kappa shape index (κ1) is 17.0. The lowest BCUT2D eigenvalue weighted by molar-refractivity contribution is -0.385. The molecule has 10 nitrogen and oxygen atoms in total. The van der Waals surface area contributed by atoms with Crippen LogP contribution >= 0.6 is 0 Å². The zero-order chi connectivity index (χ0) is 18.8. The van der Waals surface area contributed by atoms with Crippen molar-refractivity contribution in [2.75, 3.05) is 0 Å². The number of ether oxygens (including phenoxy) is 1. The summed E-state index contributed by atoms with van der Waals surface area (Å²) in [7, 11) is 0. The normalized spacial score (nSPS) is 16.0. The molecule has 1 aliphatic heterocycles. The first-order chi connectivity index (χ1) is 12.4. The number of carbonyl (C=O) groups is 1. The molecule has 2 aromatic rings. The summed E-state index contributed by atoms with van der Waals surface area (Å²) >= 11 is 0. The molecule has 1 amide bonds. The van der Waals surface area contributed by atoms with Crippen molar-refractivity contribution in [2.45, 2.75) is 13.2 Å². The molecule has 132 valence electrons. The summed E-state index contributed by atoms with van der Waals surface area (Å²) in [5.41, 5.74) is 0.804. The van der Waals surface area contributed by atoms with Gasteiger partial charge in [-0.25, -0.2) is 0 Å². The van der Waals surface area contributed by atoms with Crippen molar-refractivity contribution in [3.8, 4) is 0 Å². The van der Waals surface area contributed by atoms with Crippen molar-refractivity contribution < 1.29 is 19.4 Å². The zero-order valence-electron chi connectivity index (χ0n) is 13.4. The predicted molar refractivity (Wildman–Crippen MR) is 89.1 cm³/mol. The number of benzene rings is 2. The Hall–Kier alpha value is -3.82. The van der Waals surface area contributed by atoms with Crippen molar-refractivity contribution in [1.82, 2.24) is 5.01 Å². The minimum absolute atomic E-state index is 0.0808. The number of carbonyl (C=O) groups excluding carboxylic acids is 1. The molecule has 26 heavy (non-hydrogen) atoms. The van der Waals surface area contributed by atoms with E-state index < -0.39 is 16.1 Å². The number of rotatable bonds is 4. The van der Waals surface area contributed by atoms with Crippen molar-refractivity contribution in [2.24, 2.45) is 5.10 Å². The Morgan fingerprint density at radius 3 is 1.96 bits per heavy atom. The van der Waals surface area contributed by atoms with E-state index in [1.807, 2.05) is 0 Å². The molecule has 0 aromatic heterocycles. The number of nitro benzene ring substituents is 2. The Bertz CT molecular complexity index is 907. The maximum absolute atomic E-state index is 11.9. The van der Waals surface area contributed by atoms with Gasteiger partial charge < -0.3 is 4.74 Å². The molecule has 0 saturated carbocycles. The lowest BCUT2D eigenvalue weighted by Crippen LogP contribution is -2.25. The van der Waals surface area contributed by atoms with Crippen LogP contribution in [0, 0.1) is 20.2 Å². The third-order valence-corrected chi connectivity index (χ3v) is 3.68. The predicted octanol–water partition coefficient (Wildman–Crippen LogP) is 2.74. The van der Waals surface area contributed by atoms with Gasteiger partial charge in [0.2, 0.25) is 18.0 Å². The number of hydrogen-bond donors (Lipinski definition) is 0. The standard InChI is InChI=1S/C16H12N4O6/c1-10(21)18-16(12-4-8-14(9-5-12)20(24)25)26-15(17-18)11-2-6-13(7-3-11)19(22)23/h2-9,16H,1H3/t16-/m1/s1. The number of nitrogens with zero attached hydrogens (tertiary/aromatic N) is 4. The van der Waals surface area contributed by atoms with Crippen LogP contribution in [0.4, 0.5) is 11.4 Å². The van der Waals surface area contributed by atoms with E-state index in [4.69, 9.17) is 4.74 Å². The lowest BCUT2D eigenvalue weighted by Gasteiger charge is -2.19. The molecule has 1 aliphatic rings. The molecule has 0 radical (unpaired) electrons. The third kappa shape index (κ3) is 3.20. The largest absolute Gasteiger partial charge is 0.446 e. The second-order valence-electron chi connectivity index (χ2n) is 5.39. The fourth-order valence-corrected chi connectivity index (χ4v) is 2.39. The molecule has 1 heterocycles. The monoisotopic (exact) mass is 356 g/mol. The molecule has 0 unspecified atom stereocenters. The molecular formula is C16H12N4O6. The number of hydrogen-bond acceptors (Lipinski definition) is 7. The van der Waals surface area contributed by atoms with E-state index in [2.05, 4.69) is 5.10 Å². The van der Waals surface area contributed by atoms with Gasteiger partial charge in [-0.2, -0.15) is 5.01 Å². The minimum atomic E-state index is -0.876. The van der Waals surface area contributed by atoms with Gasteiger partial charge in [0, 0.05) is 42.3 Å². The van der Waals surface area contributed by atoms with Crippen LogP contribution in [0.2, 0.25) is 0 Å². The van der Waals surface area contributed by atoms with Crippen LogP contribution < -0.4 is 0 Å². The van der Waals surface area contributed by atoms with Crippen molar-refractivity contribution in [1.29, 1.82) is 0 Å². The lowest BCUT2D eigenvalue weighted by atomic mass is 10.1. The molecule has 0 fully saturated rings. The summed E-state index contributed by atoms with van der Waals surface area (Å²) < 4.78 is 5.72. The van der Waals surface area contributed by atoms with Gasteiger partial charge in [0.1, 0.15) is 0 Å². The molecule has 0 bridgehead atoms. The minimum Gasteiger partial charge on any atom is -0.446 e. The Morgan fingerprint density at radius 2 is 1.50 bits per heavy atom. The molecule has 3 rings (SSSR count). The Balaban J connectivity index is 1.88. The Labute approximate surface area is 146 Å². The first-order valence-electron chi connectivity index (χ1n) is 7.41. The average Bonchev–Trinajstić information content (AvgIpc) is 3.07. The van der Waals surface area contributed by atoms with Crippen LogP contribution in [0.1, 0.15) is 24.3 Å². The number of nitro groups is 2. The fourth-order valence-electron chi connectivity index (χ4n) is 2.39. The summed E-state index contributed by atoms with van der Waals surface area (Å²) in [5, 5.41) is 26.7. The van der Waals surface area contributed by atoms with Crippen LogP contribution in [0.3, 0.4) is 0 Å². The molecule has 0 spiro atoms. The Kier molecular flexibility index (Phi) is 4.31. The third-order valence-electron chi connectivity index (χ3n) is 3.68. The van der Waals surface area contributed by atoms with Gasteiger partial charge in [-0.1, -0.05) is 0 Å². The van der Waals surface area contributed by atoms with E-state index in [1.165, 1.54) is 55.5 Å². The van der Waals surface area contributed by atoms with Crippen LogP contribution in [0.5, 0.6) is 0 Å². The van der Waals surface area contributed by atoms with E-state index in [0.717, 1.165) is 5.01 Å². The van der Waals surface area contributed by atoms with Gasteiger partial charge in [-0.05, 0) is 24.3 Å². The van der Waals surface area contributed by atoms with Crippen LogP contribution in [0.25, 0.3) is 0 Å². The molecular weight excluding hydrogens is 344 g/mol. The highest BCUT2D eigenvalue weighted by molar-refractivity contribution is 5.96. The highest BCUT2D eigenvalue weighted by atomic mass is 16.6. The highest BCUT2D eigenvalue weighted by Crippen LogP contribution is 2.31. The van der Waals surface area contributed by atoms with Gasteiger partial charge in [0.15, 0.2) is 0 Å². The number of non-ortho nitro benzene ring substituents is 2. The van der Waals surface area contributed by atoms with E-state index in [0.29, 0.717) is 11.1 Å². The van der Waals surface area contributed by atoms with Gasteiger partial charge >= 0.3 is 0 Å². The summed E-state index contributed by atoms with van der Waals surface area (Å²) in [4.78, 5) is 32.3. The SMILES string of the molecule is CC(=O)N1N=C(c2ccc([N+](=O)[O-])cc2)O[C@@H]1c1ccc([N+](=O)[O-])cc1. The van der Waals surface area contributed by atoms with Crippen molar-refractivity contribution >= 4 is 23.2 Å². The first-order valence-corrected chi connectivity index (χ1v) is 7.41. The number of amides is 1. The summed E-state index contributed by atoms with van der Waals surface area (Å²) in [6, 6.07) is 11.1. The highest BCUT2D eigenvalue weighted by Gasteiger charge is 2.33. The van der Waals surface area contributed by atoms with E-state index in [-0.39, 0.29) is 23.2 Å². The quantitative estimate of drug-likeness (QED) is 0.612. The molecule has 0 saturated heterocycles. The Morgan fingerprint density at radius 1 is 1.00 bits per heavy atom. The summed E-state index contributed by atoms with van der Waals surface area (Å²) in [5.74, 6) is -0.260. The molecule has 0 aliphatic carbocycles. The topological polar surface area (TPSA) is 128 Å². The average molecular weight is 356 g/mol. The van der Waals surface area contributed by atoms with E-state index in [9.17, 15) is 25.0 Å². The second-order valence-corrected chi connectivity index (χ2v) is 5.39. The summed E-state index contributed by atoms with van der Waals surface area (Å²) in [6.07, 6.45) is -0.876. The number of hydrazone groups is 1. The van der Waals surface area contributed by atoms with Crippen molar-refractivity contribution in [3.05, 3.63) is 79.9 Å². The maximum Gasteiger partial charge on any atom is 0.269 e. The second kappa shape index (κ2) is 6.59. The smallest absolute Gasteiger partial charge is 0.269 e. The molecule has 2 aromatic carbocycles. The summed E-state index contributed by atoms with van der Waals surface area (Å²) in [6.45, 7) is 1.31.